The lowest BCUT2D eigenvalue weighted by atomic mass is 9.87. The summed E-state index contributed by atoms with van der Waals surface area (Å²) in [5.41, 5.74) is 1.45. The van der Waals surface area contributed by atoms with Crippen LogP contribution in [0.25, 0.3) is 10.8 Å². The number of nitrogens with one attached hydrogen (secondary N) is 1. The predicted octanol–water partition coefficient (Wildman–Crippen LogP) is 3.79. The molecule has 0 aliphatic carbocycles. The molecule has 2 nitrogen and oxygen atoms in total. The zero-order valence-electron chi connectivity index (χ0n) is 12.8. The lowest BCUT2D eigenvalue weighted by molar-refractivity contribution is 0.0324. The fourth-order valence-electron chi connectivity index (χ4n) is 3.35. The van der Waals surface area contributed by atoms with Crippen molar-refractivity contribution >= 4 is 10.8 Å². The highest BCUT2D eigenvalue weighted by Crippen LogP contribution is 2.25. The Balaban J connectivity index is 1.79. The van der Waals surface area contributed by atoms with E-state index in [1.165, 1.54) is 22.8 Å². The van der Waals surface area contributed by atoms with Crippen LogP contribution in [0.3, 0.4) is 0 Å². The number of benzene rings is 2. The molecule has 1 N–H and O–H groups in total. The van der Waals surface area contributed by atoms with E-state index in [4.69, 9.17) is 4.74 Å². The first-order chi connectivity index (χ1) is 10.4. The topological polar surface area (TPSA) is 21.3 Å². The number of rotatable bonds is 5. The van der Waals surface area contributed by atoms with Crippen molar-refractivity contribution in [1.29, 1.82) is 0 Å². The first kappa shape index (κ1) is 14.6. The minimum Gasteiger partial charge on any atom is -0.381 e. The minimum atomic E-state index is 0.580. The molecule has 1 aliphatic heterocycles. The molecule has 112 valence electrons. The van der Waals surface area contributed by atoms with Crippen molar-refractivity contribution < 1.29 is 4.74 Å². The second kappa shape index (κ2) is 7.06. The molecule has 2 heteroatoms. The number of fused-ring (bicyclic) bond motifs is 1. The molecule has 0 bridgehead atoms. The monoisotopic (exact) mass is 283 g/mol. The van der Waals surface area contributed by atoms with E-state index in [0.717, 1.165) is 32.6 Å². The van der Waals surface area contributed by atoms with Crippen molar-refractivity contribution in [3.05, 3.63) is 48.0 Å². The molecule has 1 aliphatic rings. The lowest BCUT2D eigenvalue weighted by Crippen LogP contribution is -2.44. The Morgan fingerprint density at radius 1 is 1.14 bits per heavy atom. The van der Waals surface area contributed by atoms with E-state index < -0.39 is 0 Å². The lowest BCUT2D eigenvalue weighted by Gasteiger charge is -2.32. The van der Waals surface area contributed by atoms with Crippen molar-refractivity contribution in [3.63, 3.8) is 0 Å². The maximum Gasteiger partial charge on any atom is 0.0512 e. The summed E-state index contributed by atoms with van der Waals surface area (Å²) in [5.74, 6) is 0.580. The van der Waals surface area contributed by atoms with E-state index in [9.17, 15) is 0 Å². The van der Waals surface area contributed by atoms with Crippen LogP contribution in [0, 0.1) is 5.92 Å². The molecule has 2 aromatic rings. The molecule has 2 aromatic carbocycles. The third-order valence-electron chi connectivity index (χ3n) is 4.49. The van der Waals surface area contributed by atoms with Gasteiger partial charge in [-0.3, -0.25) is 0 Å². The fourth-order valence-corrected chi connectivity index (χ4v) is 3.35. The van der Waals surface area contributed by atoms with Gasteiger partial charge in [-0.25, -0.2) is 0 Å². The maximum atomic E-state index is 5.74. The maximum absolute atomic E-state index is 5.74. The van der Waals surface area contributed by atoms with Crippen LogP contribution in [-0.4, -0.2) is 25.8 Å². The third-order valence-corrected chi connectivity index (χ3v) is 4.49. The van der Waals surface area contributed by atoms with Crippen molar-refractivity contribution in [2.75, 3.05) is 19.8 Å². The number of ether oxygens (including phenoxy) is 1. The van der Waals surface area contributed by atoms with Gasteiger partial charge in [0.15, 0.2) is 0 Å². The van der Waals surface area contributed by atoms with Gasteiger partial charge in [0.25, 0.3) is 0 Å². The van der Waals surface area contributed by atoms with E-state index in [1.54, 1.807) is 0 Å². The molecule has 0 saturated carbocycles. The molecule has 21 heavy (non-hydrogen) atoms. The smallest absolute Gasteiger partial charge is 0.0512 e. The number of hydrogen-bond donors (Lipinski definition) is 1. The Labute approximate surface area is 127 Å². The Morgan fingerprint density at radius 2 is 2.00 bits per heavy atom. The van der Waals surface area contributed by atoms with E-state index >= 15 is 0 Å². The predicted molar refractivity (Wildman–Crippen MR) is 88.7 cm³/mol. The average molecular weight is 283 g/mol. The van der Waals surface area contributed by atoms with E-state index in [1.807, 2.05) is 0 Å². The summed E-state index contributed by atoms with van der Waals surface area (Å²) in [5, 5.41) is 6.44. The van der Waals surface area contributed by atoms with Gasteiger partial charge in [-0.15, -0.1) is 0 Å². The molecule has 1 heterocycles. The van der Waals surface area contributed by atoms with Crippen molar-refractivity contribution in [3.8, 4) is 0 Å². The van der Waals surface area contributed by atoms with Crippen LogP contribution in [0.5, 0.6) is 0 Å². The third kappa shape index (κ3) is 3.45. The summed E-state index contributed by atoms with van der Waals surface area (Å²) >= 11 is 0. The van der Waals surface area contributed by atoms with Crippen LogP contribution >= 0.6 is 0 Å². The van der Waals surface area contributed by atoms with Crippen molar-refractivity contribution in [2.24, 2.45) is 5.92 Å². The van der Waals surface area contributed by atoms with Crippen LogP contribution in [0.2, 0.25) is 0 Å². The van der Waals surface area contributed by atoms with Gasteiger partial charge in [-0.2, -0.15) is 0 Å². The molecule has 1 saturated heterocycles. The molecular formula is C19H25NO. The van der Waals surface area contributed by atoms with Crippen LogP contribution in [0.1, 0.15) is 25.3 Å². The molecule has 0 spiro atoms. The van der Waals surface area contributed by atoms with Gasteiger partial charge in [0.2, 0.25) is 0 Å². The molecule has 2 unspecified atom stereocenters. The summed E-state index contributed by atoms with van der Waals surface area (Å²) in [7, 11) is 0. The summed E-state index contributed by atoms with van der Waals surface area (Å²) < 4.78 is 5.74. The SMILES string of the molecule is CCCNC1CCOCC1Cc1cccc2ccccc12. The fraction of sp³-hybridized carbons (Fsp3) is 0.474. The Kier molecular flexibility index (Phi) is 4.89. The molecule has 1 fully saturated rings. The van der Waals surface area contributed by atoms with Gasteiger partial charge < -0.3 is 10.1 Å². The second-order valence-corrected chi connectivity index (χ2v) is 6.03. The molecule has 3 rings (SSSR count). The summed E-state index contributed by atoms with van der Waals surface area (Å²) in [6.45, 7) is 5.11. The van der Waals surface area contributed by atoms with E-state index in [0.29, 0.717) is 12.0 Å². The Bertz CT molecular complexity index is 575. The first-order valence-corrected chi connectivity index (χ1v) is 8.16. The highest BCUT2D eigenvalue weighted by atomic mass is 16.5. The molecule has 0 radical (unpaired) electrons. The van der Waals surface area contributed by atoms with Crippen LogP contribution < -0.4 is 5.32 Å². The van der Waals surface area contributed by atoms with Crippen molar-refractivity contribution in [1.82, 2.24) is 5.32 Å². The van der Waals surface area contributed by atoms with Crippen LogP contribution in [0.15, 0.2) is 42.5 Å². The molecular weight excluding hydrogens is 258 g/mol. The van der Waals surface area contributed by atoms with E-state index in [-0.39, 0.29) is 0 Å². The normalized spacial score (nSPS) is 22.5. The highest BCUT2D eigenvalue weighted by molar-refractivity contribution is 5.85. The van der Waals surface area contributed by atoms with Crippen LogP contribution in [-0.2, 0) is 11.2 Å². The largest absolute Gasteiger partial charge is 0.381 e. The highest BCUT2D eigenvalue weighted by Gasteiger charge is 2.25. The van der Waals surface area contributed by atoms with Gasteiger partial charge in [0.1, 0.15) is 0 Å². The van der Waals surface area contributed by atoms with Gasteiger partial charge in [-0.05, 0) is 42.1 Å². The first-order valence-electron chi connectivity index (χ1n) is 8.16. The molecule has 0 aromatic heterocycles. The van der Waals surface area contributed by atoms with Crippen LogP contribution in [0.4, 0.5) is 0 Å². The second-order valence-electron chi connectivity index (χ2n) is 6.03. The van der Waals surface area contributed by atoms with Gasteiger partial charge in [0, 0.05) is 18.6 Å². The number of hydrogen-bond acceptors (Lipinski definition) is 2. The summed E-state index contributed by atoms with van der Waals surface area (Å²) in [6, 6.07) is 15.9. The quantitative estimate of drug-likeness (QED) is 0.901. The Hall–Kier alpha value is -1.38. The summed E-state index contributed by atoms with van der Waals surface area (Å²) in [4.78, 5) is 0. The average Bonchev–Trinajstić information content (AvgIpc) is 2.54. The summed E-state index contributed by atoms with van der Waals surface area (Å²) in [6.07, 6.45) is 3.43. The standard InChI is InChI=1S/C19H25NO/c1-2-11-20-19-10-12-21-14-17(19)13-16-8-5-7-15-6-3-4-9-18(15)16/h3-9,17,19-20H,2,10-14H2,1H3. The van der Waals surface area contributed by atoms with Gasteiger partial charge in [-0.1, -0.05) is 49.4 Å². The Morgan fingerprint density at radius 3 is 2.90 bits per heavy atom. The van der Waals surface area contributed by atoms with Gasteiger partial charge >= 0.3 is 0 Å². The molecule has 2 atom stereocenters. The van der Waals surface area contributed by atoms with Gasteiger partial charge in [0.05, 0.1) is 6.61 Å². The zero-order valence-corrected chi connectivity index (χ0v) is 12.8. The minimum absolute atomic E-state index is 0.580. The van der Waals surface area contributed by atoms with E-state index in [2.05, 4.69) is 54.7 Å². The zero-order chi connectivity index (χ0) is 14.5. The molecule has 0 amide bonds. The van der Waals surface area contributed by atoms with Crippen molar-refractivity contribution in [2.45, 2.75) is 32.2 Å².